The Hall–Kier alpha value is -1.44. The molecule has 3 rings (SSSR count). The van der Waals surface area contributed by atoms with Crippen molar-refractivity contribution >= 4 is 43.9 Å². The average molecular weight is 309 g/mol. The summed E-state index contributed by atoms with van der Waals surface area (Å²) in [5, 5.41) is 7.81. The van der Waals surface area contributed by atoms with Gasteiger partial charge in [0, 0.05) is 36.1 Å². The minimum absolute atomic E-state index is 0.0477. The van der Waals surface area contributed by atoms with Crippen molar-refractivity contribution in [2.45, 2.75) is 6.04 Å². The van der Waals surface area contributed by atoms with Crippen LogP contribution in [0.2, 0.25) is 0 Å². The molecule has 2 amide bonds. The van der Waals surface area contributed by atoms with E-state index in [1.165, 1.54) is 11.3 Å². The highest BCUT2D eigenvalue weighted by Gasteiger charge is 2.32. The lowest BCUT2D eigenvalue weighted by atomic mass is 10.1. The maximum atomic E-state index is 12.6. The average Bonchev–Trinajstić information content (AvgIpc) is 3.07. The summed E-state index contributed by atoms with van der Waals surface area (Å²) in [4.78, 5) is 26.9. The number of rotatable bonds is 2. The van der Waals surface area contributed by atoms with Crippen LogP contribution in [0.25, 0.3) is 9.40 Å². The lowest BCUT2D eigenvalue weighted by Gasteiger charge is -2.34. The number of hydrogen-bond donors (Lipinski definition) is 2. The van der Waals surface area contributed by atoms with Crippen molar-refractivity contribution in [2.75, 3.05) is 26.7 Å². The number of amides is 2. The van der Waals surface area contributed by atoms with Crippen molar-refractivity contribution < 1.29 is 9.59 Å². The highest BCUT2D eigenvalue weighted by Crippen LogP contribution is 2.31. The highest BCUT2D eigenvalue weighted by atomic mass is 32.1. The monoisotopic (exact) mass is 309 g/mol. The molecule has 1 saturated heterocycles. The first-order valence-corrected chi connectivity index (χ1v) is 8.10. The Morgan fingerprint density at radius 1 is 1.45 bits per heavy atom. The molecule has 5 nitrogen and oxygen atoms in total. The molecule has 7 heteroatoms. The molecule has 2 N–H and O–H groups in total. The summed E-state index contributed by atoms with van der Waals surface area (Å²) in [6, 6.07) is 3.52. The van der Waals surface area contributed by atoms with E-state index in [0.29, 0.717) is 18.0 Å². The topological polar surface area (TPSA) is 61.4 Å². The van der Waals surface area contributed by atoms with Crippen LogP contribution in [0.3, 0.4) is 0 Å². The van der Waals surface area contributed by atoms with Crippen molar-refractivity contribution in [2.24, 2.45) is 0 Å². The molecule has 1 aliphatic heterocycles. The van der Waals surface area contributed by atoms with Crippen molar-refractivity contribution in [1.82, 2.24) is 15.5 Å². The zero-order chi connectivity index (χ0) is 14.1. The number of carbonyl (C=O) groups is 2. The summed E-state index contributed by atoms with van der Waals surface area (Å²) in [7, 11) is 1.60. The molecule has 0 aromatic carbocycles. The molecule has 20 heavy (non-hydrogen) atoms. The zero-order valence-electron chi connectivity index (χ0n) is 11.0. The van der Waals surface area contributed by atoms with Crippen LogP contribution in [-0.2, 0) is 4.79 Å². The first kappa shape index (κ1) is 13.5. The largest absolute Gasteiger partial charge is 0.357 e. The Balaban J connectivity index is 1.87. The number of carbonyl (C=O) groups excluding carboxylic acids is 2. The third kappa shape index (κ3) is 2.32. The number of piperazine rings is 1. The molecule has 2 aromatic heterocycles. The number of nitrogens with zero attached hydrogens (tertiary/aromatic N) is 1. The molecule has 0 saturated carbocycles. The lowest BCUT2D eigenvalue weighted by Crippen LogP contribution is -2.59. The molecule has 0 bridgehead atoms. The molecule has 0 radical (unpaired) electrons. The van der Waals surface area contributed by atoms with E-state index in [1.54, 1.807) is 23.3 Å². The summed E-state index contributed by atoms with van der Waals surface area (Å²) < 4.78 is 2.26. The maximum Gasteiger partial charge on any atom is 0.264 e. The molecule has 1 aliphatic rings. The first-order valence-electron chi connectivity index (χ1n) is 6.41. The van der Waals surface area contributed by atoms with Gasteiger partial charge >= 0.3 is 0 Å². The van der Waals surface area contributed by atoms with Gasteiger partial charge in [-0.1, -0.05) is 0 Å². The predicted molar refractivity (Wildman–Crippen MR) is 81.5 cm³/mol. The molecule has 0 aliphatic carbocycles. The number of nitrogens with one attached hydrogen (secondary N) is 2. The fourth-order valence-electron chi connectivity index (χ4n) is 2.36. The van der Waals surface area contributed by atoms with Gasteiger partial charge in [0.15, 0.2) is 0 Å². The SMILES string of the molecule is CNC(=O)C1CNCCN1C(=O)c1cc2sccc2s1. The van der Waals surface area contributed by atoms with Gasteiger partial charge in [0.05, 0.1) is 4.88 Å². The molecular weight excluding hydrogens is 294 g/mol. The van der Waals surface area contributed by atoms with E-state index in [4.69, 9.17) is 0 Å². The minimum atomic E-state index is -0.429. The van der Waals surface area contributed by atoms with Gasteiger partial charge in [-0.3, -0.25) is 9.59 Å². The Labute approximate surface area is 124 Å². The van der Waals surface area contributed by atoms with Gasteiger partial charge in [-0.25, -0.2) is 0 Å². The van der Waals surface area contributed by atoms with Crippen LogP contribution >= 0.6 is 22.7 Å². The van der Waals surface area contributed by atoms with E-state index in [0.717, 1.165) is 15.9 Å². The van der Waals surface area contributed by atoms with Gasteiger partial charge in [-0.05, 0) is 17.5 Å². The van der Waals surface area contributed by atoms with Gasteiger partial charge in [0.2, 0.25) is 5.91 Å². The zero-order valence-corrected chi connectivity index (χ0v) is 12.6. The summed E-state index contributed by atoms with van der Waals surface area (Å²) in [5.41, 5.74) is 0. The van der Waals surface area contributed by atoms with Gasteiger partial charge in [0.25, 0.3) is 5.91 Å². The van der Waals surface area contributed by atoms with Crippen LogP contribution in [0, 0.1) is 0 Å². The van der Waals surface area contributed by atoms with Crippen LogP contribution in [0.15, 0.2) is 17.5 Å². The minimum Gasteiger partial charge on any atom is -0.357 e. The maximum absolute atomic E-state index is 12.6. The first-order chi connectivity index (χ1) is 9.70. The van der Waals surface area contributed by atoms with Crippen molar-refractivity contribution in [3.63, 3.8) is 0 Å². The van der Waals surface area contributed by atoms with Crippen molar-refractivity contribution in [1.29, 1.82) is 0 Å². The second-order valence-corrected chi connectivity index (χ2v) is 6.62. The van der Waals surface area contributed by atoms with E-state index in [1.807, 2.05) is 17.5 Å². The number of fused-ring (bicyclic) bond motifs is 1. The van der Waals surface area contributed by atoms with Crippen LogP contribution in [0.5, 0.6) is 0 Å². The molecular formula is C13H15N3O2S2. The lowest BCUT2D eigenvalue weighted by molar-refractivity contribution is -0.125. The Bertz CT molecular complexity index is 620. The fraction of sp³-hybridized carbons (Fsp3) is 0.385. The third-order valence-electron chi connectivity index (χ3n) is 3.40. The van der Waals surface area contributed by atoms with Crippen LogP contribution in [-0.4, -0.2) is 49.4 Å². The van der Waals surface area contributed by atoms with Gasteiger partial charge in [-0.15, -0.1) is 22.7 Å². The molecule has 3 heterocycles. The van der Waals surface area contributed by atoms with E-state index in [9.17, 15) is 9.59 Å². The van der Waals surface area contributed by atoms with Crippen LogP contribution in [0.4, 0.5) is 0 Å². The molecule has 106 valence electrons. The molecule has 2 aromatic rings. The van der Waals surface area contributed by atoms with Crippen molar-refractivity contribution in [3.8, 4) is 0 Å². The standard InChI is InChI=1S/C13H15N3O2S2/c1-14-12(17)8-7-15-3-4-16(8)13(18)11-6-10-9(20-11)2-5-19-10/h2,5-6,8,15H,3-4,7H2,1H3,(H,14,17). The van der Waals surface area contributed by atoms with Gasteiger partial charge in [0.1, 0.15) is 6.04 Å². The molecule has 1 unspecified atom stereocenters. The van der Waals surface area contributed by atoms with E-state index < -0.39 is 6.04 Å². The number of likely N-dealkylation sites (N-methyl/N-ethyl adjacent to an activating group) is 1. The quantitative estimate of drug-likeness (QED) is 0.874. The van der Waals surface area contributed by atoms with Crippen molar-refractivity contribution in [3.05, 3.63) is 22.4 Å². The number of hydrogen-bond acceptors (Lipinski definition) is 5. The number of thiophene rings is 2. The summed E-state index contributed by atoms with van der Waals surface area (Å²) in [6.07, 6.45) is 0. The fourth-order valence-corrected chi connectivity index (χ4v) is 4.43. The molecule has 1 atom stereocenters. The smallest absolute Gasteiger partial charge is 0.264 e. The van der Waals surface area contributed by atoms with Crippen LogP contribution in [0.1, 0.15) is 9.67 Å². The Morgan fingerprint density at radius 3 is 3.05 bits per heavy atom. The second kappa shape index (κ2) is 5.51. The summed E-state index contributed by atoms with van der Waals surface area (Å²) in [5.74, 6) is -0.169. The summed E-state index contributed by atoms with van der Waals surface area (Å²) in [6.45, 7) is 1.78. The van der Waals surface area contributed by atoms with E-state index in [-0.39, 0.29) is 11.8 Å². The second-order valence-electron chi connectivity index (χ2n) is 4.59. The molecule has 0 spiro atoms. The Morgan fingerprint density at radius 2 is 2.30 bits per heavy atom. The highest BCUT2D eigenvalue weighted by molar-refractivity contribution is 7.27. The summed E-state index contributed by atoms with van der Waals surface area (Å²) >= 11 is 3.13. The molecule has 1 fully saturated rings. The Kier molecular flexibility index (Phi) is 3.73. The van der Waals surface area contributed by atoms with Crippen LogP contribution < -0.4 is 10.6 Å². The van der Waals surface area contributed by atoms with E-state index in [2.05, 4.69) is 10.6 Å². The van der Waals surface area contributed by atoms with E-state index >= 15 is 0 Å². The third-order valence-corrected chi connectivity index (χ3v) is 5.48. The van der Waals surface area contributed by atoms with Gasteiger partial charge in [-0.2, -0.15) is 0 Å². The van der Waals surface area contributed by atoms with Gasteiger partial charge < -0.3 is 15.5 Å². The predicted octanol–water partition coefficient (Wildman–Crippen LogP) is 1.12. The normalized spacial score (nSPS) is 19.2.